The molecule has 0 spiro atoms. The van der Waals surface area contributed by atoms with Gasteiger partial charge in [-0.05, 0) is 54.9 Å². The van der Waals surface area contributed by atoms with Crippen LogP contribution in [-0.2, 0) is 6.42 Å². The first kappa shape index (κ1) is 17.4. The smallest absolute Gasteiger partial charge is 0.173 e. The SMILES string of the molecule is C/C=C/CC(=C(F)F)C(CC)CCc1cccc2ccccc12. The van der Waals surface area contributed by atoms with E-state index in [0.717, 1.165) is 19.3 Å². The standard InChI is InChI=1S/C21H24F2/c1-3-5-12-20(21(22)23)16(4-2)14-15-18-11-8-10-17-9-6-7-13-19(17)18/h3,5-11,13,16H,4,12,14-15H2,1-2H3/b5-3+. The van der Waals surface area contributed by atoms with E-state index < -0.39 is 6.08 Å². The van der Waals surface area contributed by atoms with E-state index in [9.17, 15) is 8.78 Å². The normalized spacial score (nSPS) is 12.7. The quantitative estimate of drug-likeness (QED) is 0.487. The van der Waals surface area contributed by atoms with Crippen LogP contribution in [0.25, 0.3) is 10.8 Å². The molecule has 2 aromatic carbocycles. The number of rotatable bonds is 7. The molecule has 0 bridgehead atoms. The van der Waals surface area contributed by atoms with Crippen LogP contribution in [0, 0.1) is 5.92 Å². The van der Waals surface area contributed by atoms with Crippen molar-refractivity contribution < 1.29 is 8.78 Å². The Hall–Kier alpha value is -1.96. The van der Waals surface area contributed by atoms with Gasteiger partial charge in [-0.3, -0.25) is 0 Å². The molecular weight excluding hydrogens is 290 g/mol. The number of halogens is 2. The molecule has 2 aromatic rings. The lowest BCUT2D eigenvalue weighted by atomic mass is 9.88. The van der Waals surface area contributed by atoms with Crippen molar-refractivity contribution in [2.45, 2.75) is 39.5 Å². The first-order valence-corrected chi connectivity index (χ1v) is 8.29. The van der Waals surface area contributed by atoms with Gasteiger partial charge in [-0.1, -0.05) is 61.5 Å². The summed E-state index contributed by atoms with van der Waals surface area (Å²) >= 11 is 0. The summed E-state index contributed by atoms with van der Waals surface area (Å²) in [7, 11) is 0. The van der Waals surface area contributed by atoms with E-state index in [4.69, 9.17) is 0 Å². The molecule has 23 heavy (non-hydrogen) atoms. The van der Waals surface area contributed by atoms with Crippen LogP contribution in [0.5, 0.6) is 0 Å². The fraction of sp³-hybridized carbons (Fsp3) is 0.333. The Morgan fingerprint density at radius 3 is 2.52 bits per heavy atom. The Kier molecular flexibility index (Phi) is 6.52. The zero-order chi connectivity index (χ0) is 16.7. The van der Waals surface area contributed by atoms with Gasteiger partial charge in [0.15, 0.2) is 0 Å². The average molecular weight is 314 g/mol. The summed E-state index contributed by atoms with van der Waals surface area (Å²) in [6, 6.07) is 14.5. The number of aryl methyl sites for hydroxylation is 1. The van der Waals surface area contributed by atoms with Crippen molar-refractivity contribution in [2.24, 2.45) is 5.92 Å². The molecule has 0 aliphatic carbocycles. The van der Waals surface area contributed by atoms with E-state index in [1.165, 1.54) is 16.3 Å². The summed E-state index contributed by atoms with van der Waals surface area (Å²) in [6.07, 6.45) is 4.83. The third-order valence-electron chi connectivity index (χ3n) is 4.44. The molecule has 1 atom stereocenters. The van der Waals surface area contributed by atoms with Crippen molar-refractivity contribution >= 4 is 10.8 Å². The minimum atomic E-state index is -1.51. The van der Waals surface area contributed by atoms with Crippen LogP contribution in [0.15, 0.2) is 66.3 Å². The van der Waals surface area contributed by atoms with Gasteiger partial charge in [0.2, 0.25) is 0 Å². The van der Waals surface area contributed by atoms with Crippen LogP contribution in [-0.4, -0.2) is 0 Å². The minimum Gasteiger partial charge on any atom is -0.173 e. The van der Waals surface area contributed by atoms with Crippen LogP contribution >= 0.6 is 0 Å². The molecule has 0 radical (unpaired) electrons. The van der Waals surface area contributed by atoms with Gasteiger partial charge in [0.05, 0.1) is 0 Å². The number of hydrogen-bond donors (Lipinski definition) is 0. The second kappa shape index (κ2) is 8.61. The molecule has 0 fully saturated rings. The zero-order valence-corrected chi connectivity index (χ0v) is 13.9. The Bertz CT molecular complexity index is 689. The van der Waals surface area contributed by atoms with Gasteiger partial charge in [-0.25, -0.2) is 0 Å². The van der Waals surface area contributed by atoms with Crippen molar-refractivity contribution in [3.8, 4) is 0 Å². The van der Waals surface area contributed by atoms with E-state index in [-0.39, 0.29) is 5.92 Å². The van der Waals surface area contributed by atoms with Crippen LogP contribution < -0.4 is 0 Å². The third kappa shape index (κ3) is 4.51. The number of allylic oxidation sites excluding steroid dienone is 3. The van der Waals surface area contributed by atoms with E-state index in [2.05, 4.69) is 24.3 Å². The van der Waals surface area contributed by atoms with Gasteiger partial charge >= 0.3 is 0 Å². The van der Waals surface area contributed by atoms with Gasteiger partial charge in [0, 0.05) is 5.57 Å². The molecule has 0 amide bonds. The molecule has 0 heterocycles. The Balaban J connectivity index is 2.17. The van der Waals surface area contributed by atoms with E-state index in [1.54, 1.807) is 0 Å². The summed E-state index contributed by atoms with van der Waals surface area (Å²) in [5, 5.41) is 2.43. The fourth-order valence-corrected chi connectivity index (χ4v) is 3.11. The summed E-state index contributed by atoms with van der Waals surface area (Å²) in [4.78, 5) is 0. The molecule has 0 aliphatic rings. The maximum atomic E-state index is 13.3. The van der Waals surface area contributed by atoms with Crippen molar-refractivity contribution in [3.63, 3.8) is 0 Å². The maximum absolute atomic E-state index is 13.3. The highest BCUT2D eigenvalue weighted by Crippen LogP contribution is 2.30. The molecule has 2 heteroatoms. The van der Waals surface area contributed by atoms with Gasteiger partial charge in [0.25, 0.3) is 6.08 Å². The summed E-state index contributed by atoms with van der Waals surface area (Å²) in [5.74, 6) is -0.0600. The van der Waals surface area contributed by atoms with Crippen molar-refractivity contribution in [3.05, 3.63) is 71.8 Å². The van der Waals surface area contributed by atoms with Crippen LogP contribution in [0.2, 0.25) is 0 Å². The summed E-state index contributed by atoms with van der Waals surface area (Å²) in [5.41, 5.74) is 1.54. The van der Waals surface area contributed by atoms with E-state index >= 15 is 0 Å². The summed E-state index contributed by atoms with van der Waals surface area (Å²) in [6.45, 7) is 3.86. The number of benzene rings is 2. The van der Waals surface area contributed by atoms with Gasteiger partial charge < -0.3 is 0 Å². The zero-order valence-electron chi connectivity index (χ0n) is 13.9. The maximum Gasteiger partial charge on any atom is 0.270 e. The Labute approximate surface area is 137 Å². The fourth-order valence-electron chi connectivity index (χ4n) is 3.11. The van der Waals surface area contributed by atoms with Crippen molar-refractivity contribution in [1.82, 2.24) is 0 Å². The lowest BCUT2D eigenvalue weighted by molar-refractivity contribution is 0.382. The molecular formula is C21H24F2. The first-order valence-electron chi connectivity index (χ1n) is 8.29. The molecule has 0 aromatic heterocycles. The monoisotopic (exact) mass is 314 g/mol. The van der Waals surface area contributed by atoms with E-state index in [1.807, 2.05) is 44.2 Å². The second-order valence-corrected chi connectivity index (χ2v) is 5.84. The average Bonchev–Trinajstić information content (AvgIpc) is 2.57. The number of fused-ring (bicyclic) bond motifs is 1. The van der Waals surface area contributed by atoms with Crippen LogP contribution in [0.1, 0.15) is 38.7 Å². The first-order chi connectivity index (χ1) is 11.2. The molecule has 1 unspecified atom stereocenters. The molecule has 2 rings (SSSR count). The topological polar surface area (TPSA) is 0 Å². The third-order valence-corrected chi connectivity index (χ3v) is 4.44. The predicted molar refractivity (Wildman–Crippen MR) is 94.7 cm³/mol. The van der Waals surface area contributed by atoms with E-state index in [0.29, 0.717) is 12.0 Å². The number of hydrogen-bond acceptors (Lipinski definition) is 0. The highest BCUT2D eigenvalue weighted by atomic mass is 19.3. The van der Waals surface area contributed by atoms with Crippen molar-refractivity contribution in [2.75, 3.05) is 0 Å². The second-order valence-electron chi connectivity index (χ2n) is 5.84. The van der Waals surface area contributed by atoms with Gasteiger partial charge in [-0.2, -0.15) is 8.78 Å². The highest BCUT2D eigenvalue weighted by Gasteiger charge is 2.17. The molecule has 0 saturated carbocycles. The molecule has 0 nitrogen and oxygen atoms in total. The summed E-state index contributed by atoms with van der Waals surface area (Å²) < 4.78 is 26.6. The minimum absolute atomic E-state index is 0.0600. The lowest BCUT2D eigenvalue weighted by Crippen LogP contribution is -2.06. The highest BCUT2D eigenvalue weighted by molar-refractivity contribution is 5.85. The van der Waals surface area contributed by atoms with Crippen LogP contribution in [0.3, 0.4) is 0 Å². The van der Waals surface area contributed by atoms with Crippen molar-refractivity contribution in [1.29, 1.82) is 0 Å². The Morgan fingerprint density at radius 2 is 1.83 bits per heavy atom. The van der Waals surface area contributed by atoms with Crippen LogP contribution in [0.4, 0.5) is 8.78 Å². The van der Waals surface area contributed by atoms with Gasteiger partial charge in [0.1, 0.15) is 0 Å². The largest absolute Gasteiger partial charge is 0.270 e. The molecule has 122 valence electrons. The Morgan fingerprint density at radius 1 is 1.09 bits per heavy atom. The lowest BCUT2D eigenvalue weighted by Gasteiger charge is -2.18. The molecule has 0 aliphatic heterocycles. The predicted octanol–water partition coefficient (Wildman–Crippen LogP) is 6.92. The molecule has 0 saturated heterocycles. The molecule has 0 N–H and O–H groups in total. The van der Waals surface area contributed by atoms with Gasteiger partial charge in [-0.15, -0.1) is 0 Å².